The monoisotopic (exact) mass is 292 g/mol. The average molecular weight is 292 g/mol. The van der Waals surface area contributed by atoms with E-state index in [1.807, 2.05) is 6.92 Å². The van der Waals surface area contributed by atoms with E-state index in [4.69, 9.17) is 22.8 Å². The number of esters is 1. The Kier molecular flexibility index (Phi) is 10.7. The van der Waals surface area contributed by atoms with Crippen molar-refractivity contribution in [2.75, 3.05) is 34.2 Å². The molecule has 19 heavy (non-hydrogen) atoms. The first-order chi connectivity index (χ1) is 9.14. The number of carbonyl (C=O) groups is 1. The minimum absolute atomic E-state index is 0.114. The van der Waals surface area contributed by atoms with Crippen molar-refractivity contribution in [3.63, 3.8) is 0 Å². The fraction of sp³-hybridized carbons (Fsp3) is 0.750. The number of carbonyl (C=O) groups excluding carboxylic acids is 1. The third-order valence-corrected chi connectivity index (χ3v) is 5.30. The smallest absolute Gasteiger partial charge is 0.462 e. The number of hydrogen-bond acceptors (Lipinski definition) is 6. The van der Waals surface area contributed by atoms with Gasteiger partial charge < -0.3 is 22.8 Å². The molecule has 112 valence electrons. The van der Waals surface area contributed by atoms with Gasteiger partial charge in [0.1, 0.15) is 6.79 Å². The van der Waals surface area contributed by atoms with Crippen LogP contribution in [0.25, 0.3) is 0 Å². The van der Waals surface area contributed by atoms with Gasteiger partial charge in [-0.05, 0) is 0 Å². The maximum absolute atomic E-state index is 10.7. The minimum Gasteiger partial charge on any atom is -0.462 e. The molecule has 0 aromatic heterocycles. The number of hydrogen-bond donors (Lipinski definition) is 0. The Morgan fingerprint density at radius 1 is 1.26 bits per heavy atom. The second kappa shape index (κ2) is 11.1. The van der Waals surface area contributed by atoms with Gasteiger partial charge in [-0.3, -0.25) is 0 Å². The average Bonchev–Trinajstić information content (AvgIpc) is 2.44. The predicted molar refractivity (Wildman–Crippen MR) is 72.5 cm³/mol. The molecule has 0 aliphatic heterocycles. The molecule has 0 bridgehead atoms. The van der Waals surface area contributed by atoms with Gasteiger partial charge in [-0.1, -0.05) is 19.9 Å². The number of ether oxygens (including phenoxy) is 2. The van der Waals surface area contributed by atoms with Crippen molar-refractivity contribution in [2.24, 2.45) is 0 Å². The highest BCUT2D eigenvalue weighted by atomic mass is 28.4. The Balaban J connectivity index is 3.66. The molecule has 0 N–H and O–H groups in total. The molecule has 0 saturated heterocycles. The van der Waals surface area contributed by atoms with Crippen LogP contribution in [0.5, 0.6) is 0 Å². The molecule has 0 rings (SSSR count). The molecule has 0 aromatic carbocycles. The summed E-state index contributed by atoms with van der Waals surface area (Å²) >= 11 is 0. The van der Waals surface area contributed by atoms with Crippen LogP contribution >= 0.6 is 0 Å². The van der Waals surface area contributed by atoms with E-state index in [1.165, 1.54) is 0 Å². The van der Waals surface area contributed by atoms with E-state index in [-0.39, 0.29) is 6.79 Å². The Morgan fingerprint density at radius 2 is 1.95 bits per heavy atom. The quantitative estimate of drug-likeness (QED) is 0.179. The van der Waals surface area contributed by atoms with Gasteiger partial charge in [-0.2, -0.15) is 0 Å². The summed E-state index contributed by atoms with van der Waals surface area (Å²) in [7, 11) is 0.608. The molecule has 0 aromatic rings. The fourth-order valence-electron chi connectivity index (χ4n) is 1.37. The molecule has 7 heteroatoms. The van der Waals surface area contributed by atoms with Gasteiger partial charge in [0.15, 0.2) is 0 Å². The second-order valence-electron chi connectivity index (χ2n) is 3.74. The van der Waals surface area contributed by atoms with Gasteiger partial charge in [0.2, 0.25) is 0 Å². The first-order valence-corrected chi connectivity index (χ1v) is 8.18. The van der Waals surface area contributed by atoms with Crippen molar-refractivity contribution in [3.05, 3.63) is 12.7 Å². The van der Waals surface area contributed by atoms with E-state index in [0.717, 1.165) is 18.5 Å². The van der Waals surface area contributed by atoms with Crippen molar-refractivity contribution in [2.45, 2.75) is 25.8 Å². The summed E-state index contributed by atoms with van der Waals surface area (Å²) in [6.07, 6.45) is 2.66. The molecular weight excluding hydrogens is 268 g/mol. The summed E-state index contributed by atoms with van der Waals surface area (Å²) in [5, 5.41) is 0. The Labute approximate surface area is 116 Å². The van der Waals surface area contributed by atoms with Gasteiger partial charge in [0.25, 0.3) is 0 Å². The topological polar surface area (TPSA) is 63.2 Å². The van der Waals surface area contributed by atoms with E-state index < -0.39 is 14.8 Å². The molecule has 0 heterocycles. The summed E-state index contributed by atoms with van der Waals surface area (Å²) in [5.41, 5.74) is 0. The summed E-state index contributed by atoms with van der Waals surface area (Å²) < 4.78 is 26.3. The third-order valence-electron chi connectivity index (χ3n) is 2.38. The highest BCUT2D eigenvalue weighted by molar-refractivity contribution is 6.60. The SMILES string of the molecule is C=CC(=O)OCCCOCO[Si](CCC)(OC)OC. The maximum Gasteiger partial charge on any atom is 0.502 e. The fourth-order valence-corrected chi connectivity index (χ4v) is 3.20. The van der Waals surface area contributed by atoms with Crippen molar-refractivity contribution in [1.82, 2.24) is 0 Å². The van der Waals surface area contributed by atoms with Crippen molar-refractivity contribution in [3.8, 4) is 0 Å². The van der Waals surface area contributed by atoms with Crippen LogP contribution in [0.15, 0.2) is 12.7 Å². The van der Waals surface area contributed by atoms with Crippen LogP contribution in [0.3, 0.4) is 0 Å². The molecular formula is C12H24O6Si. The van der Waals surface area contributed by atoms with E-state index >= 15 is 0 Å². The van der Waals surface area contributed by atoms with E-state index in [1.54, 1.807) is 14.2 Å². The highest BCUT2D eigenvalue weighted by Crippen LogP contribution is 2.15. The normalized spacial score (nSPS) is 11.3. The van der Waals surface area contributed by atoms with Gasteiger partial charge in [-0.15, -0.1) is 0 Å². The molecule has 0 amide bonds. The molecule has 0 aliphatic rings. The van der Waals surface area contributed by atoms with Crippen molar-refractivity contribution >= 4 is 14.8 Å². The first-order valence-electron chi connectivity index (χ1n) is 6.25. The zero-order chi connectivity index (χ0) is 14.6. The Hall–Kier alpha value is -0.733. The Morgan fingerprint density at radius 3 is 2.47 bits per heavy atom. The van der Waals surface area contributed by atoms with Crippen LogP contribution < -0.4 is 0 Å². The van der Waals surface area contributed by atoms with Crippen molar-refractivity contribution in [1.29, 1.82) is 0 Å². The maximum atomic E-state index is 10.7. The van der Waals surface area contributed by atoms with Gasteiger partial charge in [0, 0.05) is 32.8 Å². The molecule has 6 nitrogen and oxygen atoms in total. The Bertz CT molecular complexity index is 255. The van der Waals surface area contributed by atoms with Gasteiger partial charge >= 0.3 is 14.8 Å². The lowest BCUT2D eigenvalue weighted by molar-refractivity contribution is -0.138. The largest absolute Gasteiger partial charge is 0.502 e. The molecule has 0 spiro atoms. The zero-order valence-electron chi connectivity index (χ0n) is 12.0. The number of rotatable bonds is 12. The van der Waals surface area contributed by atoms with E-state index in [2.05, 4.69) is 6.58 Å². The zero-order valence-corrected chi connectivity index (χ0v) is 13.0. The lowest BCUT2D eigenvalue weighted by atomic mass is 10.5. The summed E-state index contributed by atoms with van der Waals surface area (Å²) in [4.78, 5) is 10.7. The molecule has 0 unspecified atom stereocenters. The van der Waals surface area contributed by atoms with Gasteiger partial charge in [-0.25, -0.2) is 4.79 Å². The summed E-state index contributed by atoms with van der Waals surface area (Å²) in [6, 6.07) is 0.750. The highest BCUT2D eigenvalue weighted by Gasteiger charge is 2.37. The van der Waals surface area contributed by atoms with Gasteiger partial charge in [0.05, 0.1) is 13.2 Å². The molecule has 0 aliphatic carbocycles. The lowest BCUT2D eigenvalue weighted by Crippen LogP contribution is -2.44. The molecule has 0 atom stereocenters. The summed E-state index contributed by atoms with van der Waals surface area (Å²) in [6.45, 7) is 6.20. The third kappa shape index (κ3) is 8.12. The van der Waals surface area contributed by atoms with Crippen LogP contribution in [0.4, 0.5) is 0 Å². The first kappa shape index (κ1) is 18.3. The molecule has 0 saturated carbocycles. The molecule has 0 fully saturated rings. The standard InChI is InChI=1S/C12H24O6Si/c1-5-10-19(14-3,15-4)18-11-16-8-7-9-17-12(13)6-2/h6H,2,5,7-11H2,1,3-4H3. The van der Waals surface area contributed by atoms with Crippen LogP contribution in [0.1, 0.15) is 19.8 Å². The van der Waals surface area contributed by atoms with Crippen LogP contribution in [-0.4, -0.2) is 49.0 Å². The van der Waals surface area contributed by atoms with Crippen LogP contribution in [0.2, 0.25) is 6.04 Å². The van der Waals surface area contributed by atoms with Crippen molar-refractivity contribution < 1.29 is 27.5 Å². The second-order valence-corrected chi connectivity index (χ2v) is 6.71. The predicted octanol–water partition coefficient (Wildman–Crippen LogP) is 1.74. The van der Waals surface area contributed by atoms with Crippen LogP contribution in [0, 0.1) is 0 Å². The van der Waals surface area contributed by atoms with Crippen LogP contribution in [-0.2, 0) is 27.5 Å². The minimum atomic E-state index is -2.56. The lowest BCUT2D eigenvalue weighted by Gasteiger charge is -2.25. The molecule has 0 radical (unpaired) electrons. The van der Waals surface area contributed by atoms with E-state index in [0.29, 0.717) is 19.6 Å². The summed E-state index contributed by atoms with van der Waals surface area (Å²) in [5.74, 6) is -0.426. The van der Waals surface area contributed by atoms with E-state index in [9.17, 15) is 4.79 Å².